The maximum Gasteiger partial charge on any atom is 0.273 e. The second-order valence-electron chi connectivity index (χ2n) is 6.30. The lowest BCUT2D eigenvalue weighted by Crippen LogP contribution is -2.23. The molecule has 3 aromatic rings. The highest BCUT2D eigenvalue weighted by Crippen LogP contribution is 2.19. The molecule has 0 aliphatic heterocycles. The zero-order valence-corrected chi connectivity index (χ0v) is 14.9. The molecule has 0 radical (unpaired) electrons. The molecule has 1 N–H and O–H groups in total. The summed E-state index contributed by atoms with van der Waals surface area (Å²) in [5.41, 5.74) is 3.28. The standard InChI is InChI=1S/C21H22N2O3/c1-15(2)25-14-17-10-8-16(9-11-17)13-22-21(24)19-12-20(26-23-19)18-6-4-3-5-7-18/h3-12,15H,13-14H2,1-2H3,(H,22,24). The zero-order valence-electron chi connectivity index (χ0n) is 14.9. The molecule has 0 atom stereocenters. The molecular weight excluding hydrogens is 328 g/mol. The fourth-order valence-corrected chi connectivity index (χ4v) is 2.41. The van der Waals surface area contributed by atoms with Crippen molar-refractivity contribution in [3.63, 3.8) is 0 Å². The van der Waals surface area contributed by atoms with Gasteiger partial charge in [-0.05, 0) is 25.0 Å². The molecule has 0 bridgehead atoms. The van der Waals surface area contributed by atoms with E-state index in [1.807, 2.05) is 68.4 Å². The topological polar surface area (TPSA) is 64.4 Å². The van der Waals surface area contributed by atoms with Crippen LogP contribution in [0, 0.1) is 0 Å². The summed E-state index contributed by atoms with van der Waals surface area (Å²) in [6.45, 7) is 5.04. The van der Waals surface area contributed by atoms with E-state index in [2.05, 4.69) is 10.5 Å². The van der Waals surface area contributed by atoms with Gasteiger partial charge in [0.1, 0.15) is 0 Å². The van der Waals surface area contributed by atoms with Crippen LogP contribution in [0.4, 0.5) is 0 Å². The van der Waals surface area contributed by atoms with Crippen LogP contribution in [0.1, 0.15) is 35.5 Å². The van der Waals surface area contributed by atoms with Crippen LogP contribution in [0.25, 0.3) is 11.3 Å². The Hall–Kier alpha value is -2.92. The highest BCUT2D eigenvalue weighted by molar-refractivity contribution is 5.93. The number of nitrogens with one attached hydrogen (secondary N) is 1. The fourth-order valence-electron chi connectivity index (χ4n) is 2.41. The molecule has 0 saturated heterocycles. The van der Waals surface area contributed by atoms with E-state index in [1.54, 1.807) is 6.07 Å². The summed E-state index contributed by atoms with van der Waals surface area (Å²) in [7, 11) is 0. The van der Waals surface area contributed by atoms with E-state index in [-0.39, 0.29) is 17.7 Å². The van der Waals surface area contributed by atoms with Crippen molar-refractivity contribution >= 4 is 5.91 Å². The minimum Gasteiger partial charge on any atom is -0.374 e. The van der Waals surface area contributed by atoms with Crippen LogP contribution in [0.3, 0.4) is 0 Å². The van der Waals surface area contributed by atoms with E-state index < -0.39 is 0 Å². The summed E-state index contributed by atoms with van der Waals surface area (Å²) < 4.78 is 10.8. The average Bonchev–Trinajstić information content (AvgIpc) is 3.16. The molecule has 26 heavy (non-hydrogen) atoms. The number of nitrogens with zero attached hydrogens (tertiary/aromatic N) is 1. The van der Waals surface area contributed by atoms with Crippen molar-refractivity contribution in [2.75, 3.05) is 0 Å². The van der Waals surface area contributed by atoms with Crippen LogP contribution < -0.4 is 5.32 Å². The molecule has 5 nitrogen and oxygen atoms in total. The van der Waals surface area contributed by atoms with Gasteiger partial charge in [0.05, 0.1) is 12.7 Å². The number of amides is 1. The molecule has 0 aliphatic carbocycles. The normalized spacial score (nSPS) is 10.9. The van der Waals surface area contributed by atoms with Crippen LogP contribution in [0.5, 0.6) is 0 Å². The molecule has 0 unspecified atom stereocenters. The fraction of sp³-hybridized carbons (Fsp3) is 0.238. The molecule has 1 amide bonds. The van der Waals surface area contributed by atoms with Gasteiger partial charge >= 0.3 is 0 Å². The van der Waals surface area contributed by atoms with Gasteiger partial charge in [-0.15, -0.1) is 0 Å². The Kier molecular flexibility index (Phi) is 5.81. The molecular formula is C21H22N2O3. The van der Waals surface area contributed by atoms with E-state index in [4.69, 9.17) is 9.26 Å². The summed E-state index contributed by atoms with van der Waals surface area (Å²) in [5.74, 6) is 0.313. The molecule has 0 saturated carbocycles. The van der Waals surface area contributed by atoms with Gasteiger partial charge in [0.25, 0.3) is 5.91 Å². The smallest absolute Gasteiger partial charge is 0.273 e. The Morgan fingerprint density at radius 1 is 1.08 bits per heavy atom. The monoisotopic (exact) mass is 350 g/mol. The van der Waals surface area contributed by atoms with Crippen LogP contribution in [0.15, 0.2) is 65.2 Å². The van der Waals surface area contributed by atoms with Gasteiger partial charge in [-0.2, -0.15) is 0 Å². The average molecular weight is 350 g/mol. The van der Waals surface area contributed by atoms with Crippen molar-refractivity contribution in [2.45, 2.75) is 33.1 Å². The lowest BCUT2D eigenvalue weighted by Gasteiger charge is -2.08. The van der Waals surface area contributed by atoms with Crippen LogP contribution >= 0.6 is 0 Å². The summed E-state index contributed by atoms with van der Waals surface area (Å²) >= 11 is 0. The Morgan fingerprint density at radius 2 is 1.77 bits per heavy atom. The van der Waals surface area contributed by atoms with E-state index in [9.17, 15) is 4.79 Å². The molecule has 1 aromatic heterocycles. The highest BCUT2D eigenvalue weighted by atomic mass is 16.5. The second-order valence-corrected chi connectivity index (χ2v) is 6.30. The number of carbonyl (C=O) groups is 1. The minimum absolute atomic E-state index is 0.206. The quantitative estimate of drug-likeness (QED) is 0.694. The van der Waals surface area contributed by atoms with Crippen molar-refractivity contribution in [3.05, 3.63) is 77.5 Å². The molecule has 5 heteroatoms. The number of carbonyl (C=O) groups excluding carboxylic acids is 1. The van der Waals surface area contributed by atoms with Gasteiger partial charge in [0, 0.05) is 18.2 Å². The SMILES string of the molecule is CC(C)OCc1ccc(CNC(=O)c2cc(-c3ccccc3)on2)cc1. The third-order valence-electron chi connectivity index (χ3n) is 3.86. The molecule has 2 aromatic carbocycles. The summed E-state index contributed by atoms with van der Waals surface area (Å²) in [4.78, 5) is 12.3. The number of rotatable bonds is 7. The first-order valence-corrected chi connectivity index (χ1v) is 8.61. The molecule has 0 spiro atoms. The zero-order chi connectivity index (χ0) is 18.4. The first-order valence-electron chi connectivity index (χ1n) is 8.61. The van der Waals surface area contributed by atoms with Gasteiger partial charge < -0.3 is 14.6 Å². The molecule has 3 rings (SSSR count). The molecule has 1 heterocycles. The predicted molar refractivity (Wildman–Crippen MR) is 99.5 cm³/mol. The number of hydrogen-bond acceptors (Lipinski definition) is 4. The number of aromatic nitrogens is 1. The first-order chi connectivity index (χ1) is 12.6. The summed E-state index contributed by atoms with van der Waals surface area (Å²) in [6, 6.07) is 19.2. The van der Waals surface area contributed by atoms with Gasteiger partial charge in [-0.1, -0.05) is 59.8 Å². The molecule has 0 fully saturated rings. The first kappa shape index (κ1) is 17.9. The second kappa shape index (κ2) is 8.45. The summed E-state index contributed by atoms with van der Waals surface area (Å²) in [6.07, 6.45) is 0.206. The maximum absolute atomic E-state index is 12.3. The van der Waals surface area contributed by atoms with Crippen LogP contribution in [-0.2, 0) is 17.9 Å². The Bertz CT molecular complexity index is 839. The third kappa shape index (κ3) is 4.80. The predicted octanol–water partition coefficient (Wildman–Crippen LogP) is 4.20. The van der Waals surface area contributed by atoms with Gasteiger partial charge in [0.2, 0.25) is 0 Å². The van der Waals surface area contributed by atoms with Gasteiger partial charge in [0.15, 0.2) is 11.5 Å². The lowest BCUT2D eigenvalue weighted by molar-refractivity contribution is 0.0657. The van der Waals surface area contributed by atoms with Crippen molar-refractivity contribution in [1.29, 1.82) is 0 Å². The summed E-state index contributed by atoms with van der Waals surface area (Å²) in [5, 5.41) is 6.71. The molecule has 134 valence electrons. The Labute approximate surface area is 153 Å². The minimum atomic E-state index is -0.261. The largest absolute Gasteiger partial charge is 0.374 e. The van der Waals surface area contributed by atoms with E-state index >= 15 is 0 Å². The van der Waals surface area contributed by atoms with Crippen molar-refractivity contribution in [1.82, 2.24) is 10.5 Å². The third-order valence-corrected chi connectivity index (χ3v) is 3.86. The van der Waals surface area contributed by atoms with E-state index in [0.29, 0.717) is 18.9 Å². The van der Waals surface area contributed by atoms with Gasteiger partial charge in [-0.3, -0.25) is 4.79 Å². The highest BCUT2D eigenvalue weighted by Gasteiger charge is 2.13. The Morgan fingerprint density at radius 3 is 2.46 bits per heavy atom. The van der Waals surface area contributed by atoms with Crippen molar-refractivity contribution in [3.8, 4) is 11.3 Å². The molecule has 0 aliphatic rings. The van der Waals surface area contributed by atoms with Crippen molar-refractivity contribution < 1.29 is 14.1 Å². The van der Waals surface area contributed by atoms with Gasteiger partial charge in [-0.25, -0.2) is 0 Å². The van der Waals surface area contributed by atoms with Crippen molar-refractivity contribution in [2.24, 2.45) is 0 Å². The number of benzene rings is 2. The van der Waals surface area contributed by atoms with E-state index in [1.165, 1.54) is 0 Å². The number of ether oxygens (including phenoxy) is 1. The number of hydrogen-bond donors (Lipinski definition) is 1. The van der Waals surface area contributed by atoms with Crippen LogP contribution in [-0.4, -0.2) is 17.2 Å². The maximum atomic E-state index is 12.3. The van der Waals surface area contributed by atoms with Crippen LogP contribution in [0.2, 0.25) is 0 Å². The Balaban J connectivity index is 1.55. The van der Waals surface area contributed by atoms with E-state index in [0.717, 1.165) is 16.7 Å². The lowest BCUT2D eigenvalue weighted by atomic mass is 10.1.